The molecule has 25 heavy (non-hydrogen) atoms. The Bertz CT molecular complexity index is 633. The first-order valence-electron chi connectivity index (χ1n) is 8.34. The number of anilines is 1. The molecule has 2 amide bonds. The SMILES string of the molecule is CCSC[C@@H]1CN(c2cccc(Cl)c2)C(=O)CN1C(=O)OC(C)(C)C. The number of thioether (sulfide) groups is 1. The van der Waals surface area contributed by atoms with Crippen LogP contribution in [0.5, 0.6) is 0 Å². The number of hydrogen-bond donors (Lipinski definition) is 0. The number of ether oxygens (including phenoxy) is 1. The van der Waals surface area contributed by atoms with Crippen LogP contribution in [-0.2, 0) is 9.53 Å². The van der Waals surface area contributed by atoms with Crippen molar-refractivity contribution in [3.63, 3.8) is 0 Å². The summed E-state index contributed by atoms with van der Waals surface area (Å²) in [6.07, 6.45) is -0.437. The largest absolute Gasteiger partial charge is 0.444 e. The van der Waals surface area contributed by atoms with Gasteiger partial charge in [0.15, 0.2) is 0 Å². The summed E-state index contributed by atoms with van der Waals surface area (Å²) in [4.78, 5) is 28.4. The molecule has 1 aliphatic heterocycles. The van der Waals surface area contributed by atoms with Gasteiger partial charge in [-0.3, -0.25) is 9.69 Å². The van der Waals surface area contributed by atoms with E-state index in [0.717, 1.165) is 17.2 Å². The minimum Gasteiger partial charge on any atom is -0.444 e. The molecule has 0 bridgehead atoms. The van der Waals surface area contributed by atoms with E-state index in [9.17, 15) is 9.59 Å². The monoisotopic (exact) mass is 384 g/mol. The van der Waals surface area contributed by atoms with E-state index in [1.54, 1.807) is 33.7 Å². The van der Waals surface area contributed by atoms with Crippen LogP contribution in [-0.4, -0.2) is 53.1 Å². The fraction of sp³-hybridized carbons (Fsp3) is 0.556. The van der Waals surface area contributed by atoms with Crippen molar-refractivity contribution in [2.75, 3.05) is 29.5 Å². The number of carbonyl (C=O) groups is 2. The molecule has 0 saturated carbocycles. The van der Waals surface area contributed by atoms with Crippen LogP contribution in [0.1, 0.15) is 27.7 Å². The highest BCUT2D eigenvalue weighted by molar-refractivity contribution is 7.99. The Balaban J connectivity index is 2.20. The lowest BCUT2D eigenvalue weighted by Crippen LogP contribution is -2.59. The van der Waals surface area contributed by atoms with Gasteiger partial charge in [0.25, 0.3) is 0 Å². The van der Waals surface area contributed by atoms with Gasteiger partial charge in [-0.2, -0.15) is 11.8 Å². The minimum absolute atomic E-state index is 0.0103. The molecule has 0 aliphatic carbocycles. The maximum Gasteiger partial charge on any atom is 0.411 e. The topological polar surface area (TPSA) is 49.9 Å². The van der Waals surface area contributed by atoms with Crippen LogP contribution in [0.2, 0.25) is 5.02 Å². The summed E-state index contributed by atoms with van der Waals surface area (Å²) in [5.74, 6) is 1.56. The first-order valence-corrected chi connectivity index (χ1v) is 9.88. The van der Waals surface area contributed by atoms with Crippen molar-refractivity contribution >= 4 is 41.1 Å². The van der Waals surface area contributed by atoms with Crippen molar-refractivity contribution in [2.45, 2.75) is 39.3 Å². The Morgan fingerprint density at radius 1 is 1.40 bits per heavy atom. The number of carbonyl (C=O) groups excluding carboxylic acids is 2. The predicted molar refractivity (Wildman–Crippen MR) is 104 cm³/mol. The van der Waals surface area contributed by atoms with Crippen molar-refractivity contribution in [3.8, 4) is 0 Å². The number of benzene rings is 1. The van der Waals surface area contributed by atoms with Crippen molar-refractivity contribution in [3.05, 3.63) is 29.3 Å². The van der Waals surface area contributed by atoms with Crippen molar-refractivity contribution < 1.29 is 14.3 Å². The van der Waals surface area contributed by atoms with E-state index in [-0.39, 0.29) is 18.5 Å². The Hall–Kier alpha value is -1.40. The molecule has 0 aromatic heterocycles. The third-order valence-corrected chi connectivity index (χ3v) is 4.97. The fourth-order valence-corrected chi connectivity index (χ4v) is 3.57. The predicted octanol–water partition coefficient (Wildman–Crippen LogP) is 4.05. The lowest BCUT2D eigenvalue weighted by atomic mass is 10.1. The van der Waals surface area contributed by atoms with Gasteiger partial charge < -0.3 is 9.64 Å². The average molecular weight is 385 g/mol. The van der Waals surface area contributed by atoms with Gasteiger partial charge >= 0.3 is 6.09 Å². The Labute approximate surface area is 158 Å². The second-order valence-electron chi connectivity index (χ2n) is 6.91. The molecule has 1 heterocycles. The zero-order valence-electron chi connectivity index (χ0n) is 15.1. The van der Waals surface area contributed by atoms with E-state index in [0.29, 0.717) is 11.6 Å². The molecular formula is C18H25ClN2O3S. The zero-order chi connectivity index (χ0) is 18.6. The van der Waals surface area contributed by atoms with Gasteiger partial charge in [0.1, 0.15) is 12.1 Å². The molecule has 0 N–H and O–H groups in total. The molecule has 1 aromatic carbocycles. The molecule has 1 saturated heterocycles. The molecule has 0 unspecified atom stereocenters. The molecule has 0 radical (unpaired) electrons. The van der Waals surface area contributed by atoms with Crippen LogP contribution in [0.15, 0.2) is 24.3 Å². The van der Waals surface area contributed by atoms with Crippen molar-refractivity contribution in [2.24, 2.45) is 0 Å². The molecule has 5 nitrogen and oxygen atoms in total. The Kier molecular flexibility index (Phi) is 6.63. The van der Waals surface area contributed by atoms with Gasteiger partial charge in [-0.15, -0.1) is 0 Å². The molecule has 2 rings (SSSR count). The summed E-state index contributed by atoms with van der Waals surface area (Å²) in [5, 5.41) is 0.583. The quantitative estimate of drug-likeness (QED) is 0.785. The van der Waals surface area contributed by atoms with Crippen LogP contribution in [0.4, 0.5) is 10.5 Å². The van der Waals surface area contributed by atoms with Crippen LogP contribution in [0.25, 0.3) is 0 Å². The zero-order valence-corrected chi connectivity index (χ0v) is 16.7. The summed E-state index contributed by atoms with van der Waals surface area (Å²) in [6.45, 7) is 7.99. The minimum atomic E-state index is -0.591. The summed E-state index contributed by atoms with van der Waals surface area (Å²) in [6, 6.07) is 7.12. The molecule has 1 atom stereocenters. The number of piperazine rings is 1. The molecule has 138 valence electrons. The van der Waals surface area contributed by atoms with Gasteiger partial charge in [0.2, 0.25) is 5.91 Å². The van der Waals surface area contributed by atoms with Gasteiger partial charge in [0, 0.05) is 23.0 Å². The van der Waals surface area contributed by atoms with Crippen LogP contribution < -0.4 is 4.90 Å². The van der Waals surface area contributed by atoms with Gasteiger partial charge in [-0.05, 0) is 44.7 Å². The molecule has 1 aromatic rings. The van der Waals surface area contributed by atoms with Crippen molar-refractivity contribution in [1.82, 2.24) is 4.90 Å². The summed E-state index contributed by atoms with van der Waals surface area (Å²) in [7, 11) is 0. The Morgan fingerprint density at radius 3 is 2.72 bits per heavy atom. The third kappa shape index (κ3) is 5.54. The van der Waals surface area contributed by atoms with Gasteiger partial charge in [-0.1, -0.05) is 24.6 Å². The lowest BCUT2D eigenvalue weighted by molar-refractivity contribution is -0.122. The Morgan fingerprint density at radius 2 is 2.12 bits per heavy atom. The maximum absolute atomic E-state index is 12.6. The van der Waals surface area contributed by atoms with E-state index >= 15 is 0 Å². The van der Waals surface area contributed by atoms with E-state index in [2.05, 4.69) is 6.92 Å². The number of halogens is 1. The van der Waals surface area contributed by atoms with Crippen LogP contribution in [0.3, 0.4) is 0 Å². The molecular weight excluding hydrogens is 360 g/mol. The summed E-state index contributed by atoms with van der Waals surface area (Å²) in [5.41, 5.74) is 0.167. The summed E-state index contributed by atoms with van der Waals surface area (Å²) < 4.78 is 5.48. The molecule has 1 fully saturated rings. The van der Waals surface area contributed by atoms with E-state index < -0.39 is 11.7 Å². The summed E-state index contributed by atoms with van der Waals surface area (Å²) >= 11 is 7.80. The highest BCUT2D eigenvalue weighted by Crippen LogP contribution is 2.25. The number of rotatable bonds is 4. The maximum atomic E-state index is 12.6. The smallest absolute Gasteiger partial charge is 0.411 e. The van der Waals surface area contributed by atoms with E-state index in [1.165, 1.54) is 0 Å². The van der Waals surface area contributed by atoms with E-state index in [4.69, 9.17) is 16.3 Å². The number of amides is 2. The first kappa shape index (κ1) is 19.9. The molecule has 7 heteroatoms. The highest BCUT2D eigenvalue weighted by atomic mass is 35.5. The average Bonchev–Trinajstić information content (AvgIpc) is 2.51. The second-order valence-corrected chi connectivity index (χ2v) is 8.66. The van der Waals surface area contributed by atoms with E-state index in [1.807, 2.05) is 32.9 Å². The second kappa shape index (κ2) is 8.32. The van der Waals surface area contributed by atoms with Gasteiger partial charge in [0.05, 0.1) is 6.04 Å². The molecule has 1 aliphatic rings. The highest BCUT2D eigenvalue weighted by Gasteiger charge is 2.37. The third-order valence-electron chi connectivity index (χ3n) is 3.70. The normalized spacial score (nSPS) is 18.4. The lowest BCUT2D eigenvalue weighted by Gasteiger charge is -2.41. The standard InChI is InChI=1S/C18H25ClN2O3S/c1-5-25-12-15-10-20(14-8-6-7-13(19)9-14)16(22)11-21(15)17(23)24-18(2,3)4/h6-9,15H,5,10-12H2,1-4H3/t15-/m0/s1. The number of hydrogen-bond acceptors (Lipinski definition) is 4. The fourth-order valence-electron chi connectivity index (χ4n) is 2.60. The first-order chi connectivity index (χ1) is 11.7. The van der Waals surface area contributed by atoms with Crippen LogP contribution in [0, 0.1) is 0 Å². The van der Waals surface area contributed by atoms with Gasteiger partial charge in [-0.25, -0.2) is 4.79 Å². The van der Waals surface area contributed by atoms with Crippen LogP contribution >= 0.6 is 23.4 Å². The molecule has 0 spiro atoms. The number of nitrogens with zero attached hydrogens (tertiary/aromatic N) is 2. The van der Waals surface area contributed by atoms with Crippen molar-refractivity contribution in [1.29, 1.82) is 0 Å².